The van der Waals surface area contributed by atoms with Gasteiger partial charge in [0.2, 0.25) is 0 Å². The topological polar surface area (TPSA) is 50.8 Å². The van der Waals surface area contributed by atoms with Gasteiger partial charge in [0.05, 0.1) is 37.1 Å². The van der Waals surface area contributed by atoms with Crippen molar-refractivity contribution in [3.63, 3.8) is 0 Å². The van der Waals surface area contributed by atoms with Gasteiger partial charge in [-0.15, -0.1) is 0 Å². The van der Waals surface area contributed by atoms with Crippen molar-refractivity contribution in [2.45, 2.75) is 31.7 Å². The van der Waals surface area contributed by atoms with Gasteiger partial charge >= 0.3 is 0 Å². The average molecular weight is 302 g/mol. The second-order valence-corrected chi connectivity index (χ2v) is 7.20. The van der Waals surface area contributed by atoms with Crippen molar-refractivity contribution < 1.29 is 9.82 Å². The molecule has 5 heteroatoms. The smallest absolute Gasteiger partial charge is 0.269 e. The number of non-ortho nitro benzene ring substituents is 1. The molecule has 1 aliphatic heterocycles. The number of nitro groups is 1. The number of benzene rings is 1. The van der Waals surface area contributed by atoms with Crippen molar-refractivity contribution in [3.8, 4) is 0 Å². The van der Waals surface area contributed by atoms with Gasteiger partial charge in [0.1, 0.15) is 0 Å². The molecule has 1 saturated heterocycles. The zero-order valence-electron chi connectivity index (χ0n) is 12.9. The Morgan fingerprint density at radius 1 is 1.09 bits per heavy atom. The molecule has 1 heterocycles. The molecule has 0 unspecified atom stereocenters. The lowest BCUT2D eigenvalue weighted by Gasteiger charge is -2.39. The Kier molecular flexibility index (Phi) is 3.53. The van der Waals surface area contributed by atoms with Crippen molar-refractivity contribution in [1.29, 1.82) is 0 Å². The highest BCUT2D eigenvalue weighted by atomic mass is 16.6. The van der Waals surface area contributed by atoms with Gasteiger partial charge in [0, 0.05) is 30.2 Å². The third-order valence-electron chi connectivity index (χ3n) is 6.09. The number of hydrogen-bond donors (Lipinski definition) is 1. The summed E-state index contributed by atoms with van der Waals surface area (Å²) in [6.45, 7) is 4.57. The molecule has 2 bridgehead atoms. The molecule has 0 radical (unpaired) electrons. The minimum atomic E-state index is -0.332. The van der Waals surface area contributed by atoms with Gasteiger partial charge in [-0.25, -0.2) is 0 Å². The predicted octanol–water partition coefficient (Wildman–Crippen LogP) is 1.49. The molecule has 4 rings (SSSR count). The van der Waals surface area contributed by atoms with Crippen LogP contribution in [-0.2, 0) is 0 Å². The Labute approximate surface area is 131 Å². The summed E-state index contributed by atoms with van der Waals surface area (Å²) in [5.74, 6) is 2.01. The number of piperazine rings is 1. The monoisotopic (exact) mass is 302 g/mol. The van der Waals surface area contributed by atoms with E-state index in [2.05, 4.69) is 4.90 Å². The summed E-state index contributed by atoms with van der Waals surface area (Å²) in [7, 11) is 0. The second-order valence-electron chi connectivity index (χ2n) is 7.20. The first kappa shape index (κ1) is 14.0. The summed E-state index contributed by atoms with van der Waals surface area (Å²) < 4.78 is 0. The van der Waals surface area contributed by atoms with Crippen molar-refractivity contribution in [1.82, 2.24) is 0 Å². The number of rotatable bonds is 3. The first-order valence-corrected chi connectivity index (χ1v) is 8.54. The van der Waals surface area contributed by atoms with E-state index in [1.807, 2.05) is 17.0 Å². The number of fused-ring (bicyclic) bond motifs is 2. The Hall–Kier alpha value is -1.62. The maximum atomic E-state index is 10.7. The normalized spacial score (nSPS) is 31.6. The number of nitro benzene ring substituents is 1. The van der Waals surface area contributed by atoms with Gasteiger partial charge in [-0.3, -0.25) is 10.1 Å². The molecule has 0 aromatic heterocycles. The Morgan fingerprint density at radius 3 is 2.36 bits per heavy atom. The van der Waals surface area contributed by atoms with Crippen LogP contribution in [0.15, 0.2) is 24.3 Å². The number of nitrogens with zero attached hydrogens (tertiary/aromatic N) is 2. The largest absolute Gasteiger partial charge is 0.360 e. The lowest BCUT2D eigenvalue weighted by Crippen LogP contribution is -3.18. The molecule has 5 nitrogen and oxygen atoms in total. The third kappa shape index (κ3) is 2.47. The lowest BCUT2D eigenvalue weighted by molar-refractivity contribution is -0.929. The summed E-state index contributed by atoms with van der Waals surface area (Å²) in [6, 6.07) is 7.92. The van der Waals surface area contributed by atoms with E-state index >= 15 is 0 Å². The van der Waals surface area contributed by atoms with E-state index in [0.29, 0.717) is 0 Å². The summed E-state index contributed by atoms with van der Waals surface area (Å²) in [4.78, 5) is 14.6. The van der Waals surface area contributed by atoms with Crippen LogP contribution in [0.25, 0.3) is 0 Å². The lowest BCUT2D eigenvalue weighted by atomic mass is 9.93. The van der Waals surface area contributed by atoms with Gasteiger partial charge < -0.3 is 9.80 Å². The van der Waals surface area contributed by atoms with Crippen LogP contribution in [0.1, 0.15) is 25.7 Å². The summed E-state index contributed by atoms with van der Waals surface area (Å²) >= 11 is 0. The Balaban J connectivity index is 1.36. The number of nitrogens with one attached hydrogen (secondary N) is 1. The van der Waals surface area contributed by atoms with Crippen LogP contribution >= 0.6 is 0 Å². The Bertz CT molecular complexity index is 552. The molecule has 118 valence electrons. The van der Waals surface area contributed by atoms with Crippen LogP contribution in [0.3, 0.4) is 0 Å². The minimum Gasteiger partial charge on any atom is -0.360 e. The molecule has 1 aromatic rings. The fraction of sp³-hybridized carbons (Fsp3) is 0.647. The van der Waals surface area contributed by atoms with Gasteiger partial charge in [0.25, 0.3) is 5.69 Å². The maximum absolute atomic E-state index is 10.7. The number of quaternary nitrogens is 1. The van der Waals surface area contributed by atoms with E-state index in [1.54, 1.807) is 12.1 Å². The quantitative estimate of drug-likeness (QED) is 0.680. The van der Waals surface area contributed by atoms with Crippen LogP contribution in [0.4, 0.5) is 11.4 Å². The zero-order chi connectivity index (χ0) is 15.1. The van der Waals surface area contributed by atoms with E-state index in [-0.39, 0.29) is 10.6 Å². The molecular formula is C17H24N3O2+. The number of anilines is 1. The van der Waals surface area contributed by atoms with Crippen molar-refractivity contribution in [3.05, 3.63) is 34.4 Å². The molecule has 0 amide bonds. The van der Waals surface area contributed by atoms with Crippen LogP contribution in [0.2, 0.25) is 0 Å². The van der Waals surface area contributed by atoms with Gasteiger partial charge in [-0.1, -0.05) is 0 Å². The van der Waals surface area contributed by atoms with E-state index < -0.39 is 0 Å². The van der Waals surface area contributed by atoms with E-state index in [1.165, 1.54) is 38.8 Å². The molecule has 0 spiro atoms. The highest BCUT2D eigenvalue weighted by molar-refractivity contribution is 5.51. The van der Waals surface area contributed by atoms with E-state index in [9.17, 15) is 10.1 Å². The van der Waals surface area contributed by atoms with E-state index in [4.69, 9.17) is 0 Å². The Morgan fingerprint density at radius 2 is 1.82 bits per heavy atom. The molecular weight excluding hydrogens is 278 g/mol. The highest BCUT2D eigenvalue weighted by Gasteiger charge is 2.45. The second kappa shape index (κ2) is 5.54. The SMILES string of the molecule is O=[N+]([O-])c1ccc(N2CC[NH+]([C@H]3C[C@H]4CC[C@@H]3C4)CC2)cc1. The van der Waals surface area contributed by atoms with Crippen LogP contribution < -0.4 is 9.80 Å². The summed E-state index contributed by atoms with van der Waals surface area (Å²) in [5, 5.41) is 10.7. The molecule has 3 atom stereocenters. The van der Waals surface area contributed by atoms with Crippen LogP contribution in [-0.4, -0.2) is 37.1 Å². The van der Waals surface area contributed by atoms with Gasteiger partial charge in [-0.05, 0) is 37.3 Å². The standard InChI is InChI=1S/C17H23N3O2/c21-20(22)16-5-3-15(4-6-16)18-7-9-19(10-8-18)17-12-13-1-2-14(17)11-13/h3-6,13-14,17H,1-2,7-12H2/p+1/t13-,14+,17-/m0/s1. The van der Waals surface area contributed by atoms with Gasteiger partial charge in [-0.2, -0.15) is 0 Å². The van der Waals surface area contributed by atoms with Crippen molar-refractivity contribution in [2.75, 3.05) is 31.1 Å². The predicted molar refractivity (Wildman–Crippen MR) is 85.2 cm³/mol. The summed E-state index contributed by atoms with van der Waals surface area (Å²) in [5.41, 5.74) is 1.30. The minimum absolute atomic E-state index is 0.176. The molecule has 1 aromatic carbocycles. The third-order valence-corrected chi connectivity index (χ3v) is 6.09. The molecule has 22 heavy (non-hydrogen) atoms. The van der Waals surface area contributed by atoms with Crippen LogP contribution in [0.5, 0.6) is 0 Å². The fourth-order valence-corrected chi connectivity index (χ4v) is 4.95. The zero-order valence-corrected chi connectivity index (χ0v) is 12.9. The first-order chi connectivity index (χ1) is 10.7. The molecule has 2 saturated carbocycles. The fourth-order valence-electron chi connectivity index (χ4n) is 4.95. The van der Waals surface area contributed by atoms with Crippen molar-refractivity contribution in [2.24, 2.45) is 11.8 Å². The molecule has 2 aliphatic carbocycles. The van der Waals surface area contributed by atoms with E-state index in [0.717, 1.165) is 36.7 Å². The molecule has 1 N–H and O–H groups in total. The highest BCUT2D eigenvalue weighted by Crippen LogP contribution is 2.43. The van der Waals surface area contributed by atoms with Crippen molar-refractivity contribution >= 4 is 11.4 Å². The van der Waals surface area contributed by atoms with Gasteiger partial charge in [0.15, 0.2) is 0 Å². The molecule has 3 aliphatic rings. The molecule has 3 fully saturated rings. The summed E-state index contributed by atoms with van der Waals surface area (Å²) in [6.07, 6.45) is 5.88. The van der Waals surface area contributed by atoms with Crippen LogP contribution in [0, 0.1) is 22.0 Å². The number of hydrogen-bond acceptors (Lipinski definition) is 3. The first-order valence-electron chi connectivity index (χ1n) is 8.54. The average Bonchev–Trinajstić information content (AvgIpc) is 3.18. The maximum Gasteiger partial charge on any atom is 0.269 e.